The van der Waals surface area contributed by atoms with Gasteiger partial charge in [0.05, 0.1) is 11.4 Å². The van der Waals surface area contributed by atoms with Crippen LogP contribution in [0.4, 0.5) is 0 Å². The largest absolute Gasteiger partial charge is 0.339 e. The maximum Gasteiger partial charge on any atom is 0.233 e. The number of benzene rings is 1. The molecule has 0 bridgehead atoms. The van der Waals surface area contributed by atoms with Gasteiger partial charge in [-0.05, 0) is 56.5 Å². The van der Waals surface area contributed by atoms with Crippen molar-refractivity contribution in [1.29, 1.82) is 0 Å². The number of pyridine rings is 1. The minimum Gasteiger partial charge on any atom is -0.339 e. The van der Waals surface area contributed by atoms with Crippen LogP contribution < -0.4 is 0 Å². The molecule has 0 radical (unpaired) electrons. The van der Waals surface area contributed by atoms with E-state index in [2.05, 4.69) is 22.1 Å². The molecule has 4 rings (SSSR count). The van der Waals surface area contributed by atoms with Gasteiger partial charge in [0.2, 0.25) is 5.91 Å². The van der Waals surface area contributed by atoms with Gasteiger partial charge in [-0.2, -0.15) is 0 Å². The zero-order chi connectivity index (χ0) is 22.5. The molecule has 1 fully saturated rings. The lowest BCUT2D eigenvalue weighted by atomic mass is 9.94. The van der Waals surface area contributed by atoms with Crippen molar-refractivity contribution in [2.75, 3.05) is 12.3 Å². The molecule has 8 heteroatoms. The Kier molecular flexibility index (Phi) is 7.48. The highest BCUT2D eigenvalue weighted by molar-refractivity contribution is 7.99. The Bertz CT molecular complexity index is 1070. The number of thioether (sulfide) groups is 1. The van der Waals surface area contributed by atoms with Crippen LogP contribution in [0.15, 0.2) is 47.9 Å². The highest BCUT2D eigenvalue weighted by Gasteiger charge is 2.25. The molecule has 0 unspecified atom stereocenters. The lowest BCUT2D eigenvalue weighted by Crippen LogP contribution is -2.42. The lowest BCUT2D eigenvalue weighted by molar-refractivity contribution is -0.131. The topological polar surface area (TPSA) is 63.9 Å². The van der Waals surface area contributed by atoms with Gasteiger partial charge in [-0.1, -0.05) is 48.7 Å². The summed E-state index contributed by atoms with van der Waals surface area (Å²) in [6.07, 6.45) is 9.37. The van der Waals surface area contributed by atoms with Crippen molar-refractivity contribution in [1.82, 2.24) is 24.6 Å². The lowest BCUT2D eigenvalue weighted by Gasteiger charge is -2.33. The SMILES string of the molecule is CCN(C(=O)CSc1nnc(-c2ccncc2)n1-c1cccc(Cl)c1C)C1CCCCC1. The predicted octanol–water partition coefficient (Wildman–Crippen LogP) is 5.56. The van der Waals surface area contributed by atoms with Crippen LogP contribution in [0, 0.1) is 6.92 Å². The summed E-state index contributed by atoms with van der Waals surface area (Å²) in [4.78, 5) is 19.3. The van der Waals surface area contributed by atoms with Gasteiger partial charge in [-0.15, -0.1) is 10.2 Å². The van der Waals surface area contributed by atoms with Crippen LogP contribution in [0.5, 0.6) is 0 Å². The molecule has 2 heterocycles. The van der Waals surface area contributed by atoms with Crippen molar-refractivity contribution >= 4 is 29.3 Å². The fourth-order valence-corrected chi connectivity index (χ4v) is 5.35. The van der Waals surface area contributed by atoms with Crippen molar-refractivity contribution in [2.24, 2.45) is 0 Å². The monoisotopic (exact) mass is 469 g/mol. The Morgan fingerprint density at radius 2 is 1.91 bits per heavy atom. The van der Waals surface area contributed by atoms with Gasteiger partial charge < -0.3 is 4.90 Å². The van der Waals surface area contributed by atoms with Crippen LogP contribution in [0.3, 0.4) is 0 Å². The van der Waals surface area contributed by atoms with Crippen molar-refractivity contribution < 1.29 is 4.79 Å². The molecule has 0 N–H and O–H groups in total. The van der Waals surface area contributed by atoms with E-state index in [1.54, 1.807) is 12.4 Å². The Labute approximate surface area is 198 Å². The Morgan fingerprint density at radius 3 is 2.62 bits per heavy atom. The van der Waals surface area contributed by atoms with Crippen LogP contribution in [-0.4, -0.2) is 48.9 Å². The van der Waals surface area contributed by atoms with Crippen LogP contribution >= 0.6 is 23.4 Å². The first-order chi connectivity index (χ1) is 15.6. The maximum absolute atomic E-state index is 13.1. The molecule has 32 heavy (non-hydrogen) atoms. The molecule has 0 aliphatic heterocycles. The third-order valence-corrected chi connectivity index (χ3v) is 7.38. The molecule has 1 amide bonds. The van der Waals surface area contributed by atoms with Gasteiger partial charge >= 0.3 is 0 Å². The van der Waals surface area contributed by atoms with Gasteiger partial charge in [0.1, 0.15) is 0 Å². The number of carbonyl (C=O) groups is 1. The normalized spacial score (nSPS) is 14.5. The van der Waals surface area contributed by atoms with E-state index in [1.165, 1.54) is 31.0 Å². The van der Waals surface area contributed by atoms with Gasteiger partial charge in [0.15, 0.2) is 11.0 Å². The smallest absolute Gasteiger partial charge is 0.233 e. The minimum absolute atomic E-state index is 0.159. The van der Waals surface area contributed by atoms with Gasteiger partial charge in [0.25, 0.3) is 0 Å². The van der Waals surface area contributed by atoms with E-state index in [-0.39, 0.29) is 5.91 Å². The highest BCUT2D eigenvalue weighted by Crippen LogP contribution is 2.32. The highest BCUT2D eigenvalue weighted by atomic mass is 35.5. The first-order valence-corrected chi connectivity index (χ1v) is 12.5. The number of carbonyl (C=O) groups excluding carboxylic acids is 1. The number of halogens is 1. The van der Waals surface area contributed by atoms with Gasteiger partial charge in [0, 0.05) is 35.6 Å². The fourth-order valence-electron chi connectivity index (χ4n) is 4.35. The summed E-state index contributed by atoms with van der Waals surface area (Å²) in [5, 5.41) is 10.3. The molecule has 6 nitrogen and oxygen atoms in total. The van der Waals surface area contributed by atoms with E-state index in [0.717, 1.165) is 36.2 Å². The number of hydrogen-bond acceptors (Lipinski definition) is 5. The van der Waals surface area contributed by atoms with Gasteiger partial charge in [-0.25, -0.2) is 0 Å². The van der Waals surface area contributed by atoms with E-state index in [0.29, 0.717) is 27.8 Å². The van der Waals surface area contributed by atoms with E-state index in [9.17, 15) is 4.79 Å². The second-order valence-corrected chi connectivity index (χ2v) is 9.37. The van der Waals surface area contributed by atoms with E-state index >= 15 is 0 Å². The summed E-state index contributed by atoms with van der Waals surface area (Å²) < 4.78 is 1.99. The zero-order valence-electron chi connectivity index (χ0n) is 18.5. The maximum atomic E-state index is 13.1. The van der Waals surface area contributed by atoms with Crippen LogP contribution in [0.25, 0.3) is 17.1 Å². The molecule has 1 aromatic carbocycles. The first-order valence-electron chi connectivity index (χ1n) is 11.1. The number of aromatic nitrogens is 4. The van der Waals surface area contributed by atoms with Crippen LogP contribution in [0.2, 0.25) is 5.02 Å². The first kappa shape index (κ1) is 22.8. The Hall–Kier alpha value is -2.38. The molecule has 0 spiro atoms. The Morgan fingerprint density at radius 1 is 1.16 bits per heavy atom. The average Bonchev–Trinajstić information content (AvgIpc) is 3.25. The third kappa shape index (κ3) is 4.84. The molecule has 0 atom stereocenters. The van der Waals surface area contributed by atoms with Crippen molar-refractivity contribution in [3.63, 3.8) is 0 Å². The number of rotatable bonds is 7. The summed E-state index contributed by atoms with van der Waals surface area (Å²) in [5.41, 5.74) is 2.75. The zero-order valence-corrected chi connectivity index (χ0v) is 20.1. The van der Waals surface area contributed by atoms with Gasteiger partial charge in [-0.3, -0.25) is 14.3 Å². The van der Waals surface area contributed by atoms with Crippen molar-refractivity contribution in [3.05, 3.63) is 53.3 Å². The molecule has 3 aromatic rings. The minimum atomic E-state index is 0.159. The Balaban J connectivity index is 1.63. The molecule has 1 aliphatic rings. The number of amides is 1. The number of hydrogen-bond donors (Lipinski definition) is 0. The quantitative estimate of drug-likeness (QED) is 0.423. The third-order valence-electron chi connectivity index (χ3n) is 6.05. The molecular formula is C24H28ClN5OS. The molecule has 2 aromatic heterocycles. The molecule has 1 saturated carbocycles. The summed E-state index contributed by atoms with van der Waals surface area (Å²) in [6.45, 7) is 4.79. The van der Waals surface area contributed by atoms with Crippen molar-refractivity contribution in [2.45, 2.75) is 57.1 Å². The fraction of sp³-hybridized carbons (Fsp3) is 0.417. The van der Waals surface area contributed by atoms with Crippen LogP contribution in [-0.2, 0) is 4.79 Å². The summed E-state index contributed by atoms with van der Waals surface area (Å²) in [5.74, 6) is 1.19. The van der Waals surface area contributed by atoms with Crippen LogP contribution in [0.1, 0.15) is 44.6 Å². The summed E-state index contributed by atoms with van der Waals surface area (Å²) >= 11 is 7.85. The summed E-state index contributed by atoms with van der Waals surface area (Å²) in [6, 6.07) is 9.96. The van der Waals surface area contributed by atoms with E-state index < -0.39 is 0 Å². The predicted molar refractivity (Wildman–Crippen MR) is 129 cm³/mol. The molecular weight excluding hydrogens is 442 g/mol. The average molecular weight is 470 g/mol. The molecule has 168 valence electrons. The number of nitrogens with zero attached hydrogens (tertiary/aromatic N) is 5. The standard InChI is InChI=1S/C24H28ClN5OS/c1-3-29(19-8-5-4-6-9-19)22(31)16-32-24-28-27-23(18-12-14-26-15-13-18)30(24)21-11-7-10-20(25)17(21)2/h7,10-15,19H,3-6,8-9,16H2,1-2H3. The van der Waals surface area contributed by atoms with E-state index in [1.807, 2.05) is 46.7 Å². The molecule has 0 saturated heterocycles. The van der Waals surface area contributed by atoms with Crippen molar-refractivity contribution in [3.8, 4) is 17.1 Å². The second-order valence-electron chi connectivity index (χ2n) is 8.02. The molecule has 1 aliphatic carbocycles. The second kappa shape index (κ2) is 10.5. The summed E-state index contributed by atoms with van der Waals surface area (Å²) in [7, 11) is 0. The van der Waals surface area contributed by atoms with E-state index in [4.69, 9.17) is 11.6 Å².